The van der Waals surface area contributed by atoms with Crippen LogP contribution in [0.4, 0.5) is 0 Å². The minimum atomic E-state index is 0.623. The lowest BCUT2D eigenvalue weighted by Gasteiger charge is -2.35. The molecule has 1 aliphatic carbocycles. The lowest BCUT2D eigenvalue weighted by Crippen LogP contribution is -2.39. The van der Waals surface area contributed by atoms with Crippen molar-refractivity contribution in [3.8, 4) is 0 Å². The van der Waals surface area contributed by atoms with Crippen LogP contribution in [0.2, 0.25) is 0 Å². The van der Waals surface area contributed by atoms with Crippen LogP contribution in [0.15, 0.2) is 0 Å². The molecule has 1 saturated heterocycles. The van der Waals surface area contributed by atoms with Crippen LogP contribution in [0, 0.1) is 5.41 Å². The molecular formula is C13H24BrN. The van der Waals surface area contributed by atoms with E-state index >= 15 is 0 Å². The summed E-state index contributed by atoms with van der Waals surface area (Å²) in [4.78, 5) is 2.77. The first-order chi connectivity index (χ1) is 7.29. The number of alkyl halides is 1. The fourth-order valence-corrected chi connectivity index (χ4v) is 4.19. The Morgan fingerprint density at radius 2 is 2.00 bits per heavy atom. The zero-order valence-corrected chi connectivity index (χ0v) is 11.6. The second-order valence-corrected chi connectivity index (χ2v) is 6.08. The Balaban J connectivity index is 1.94. The van der Waals surface area contributed by atoms with Crippen molar-refractivity contribution < 1.29 is 0 Å². The van der Waals surface area contributed by atoms with Gasteiger partial charge in [0.1, 0.15) is 0 Å². The van der Waals surface area contributed by atoms with Crippen molar-refractivity contribution in [3.05, 3.63) is 0 Å². The van der Waals surface area contributed by atoms with Gasteiger partial charge in [-0.15, -0.1) is 0 Å². The molecular weight excluding hydrogens is 250 g/mol. The molecule has 1 atom stereocenters. The second-order valence-electron chi connectivity index (χ2n) is 5.52. The van der Waals surface area contributed by atoms with Crippen LogP contribution >= 0.6 is 15.9 Å². The van der Waals surface area contributed by atoms with Crippen molar-refractivity contribution in [1.29, 1.82) is 0 Å². The van der Waals surface area contributed by atoms with Crippen molar-refractivity contribution in [2.75, 3.05) is 18.4 Å². The number of rotatable bonds is 4. The Bertz CT molecular complexity index is 199. The largest absolute Gasteiger partial charge is 0.300 e. The third-order valence-corrected chi connectivity index (χ3v) is 5.65. The van der Waals surface area contributed by atoms with E-state index < -0.39 is 0 Å². The van der Waals surface area contributed by atoms with E-state index in [4.69, 9.17) is 0 Å². The summed E-state index contributed by atoms with van der Waals surface area (Å²) in [5.74, 6) is 0. The molecule has 2 rings (SSSR count). The van der Waals surface area contributed by atoms with Gasteiger partial charge in [-0.3, -0.25) is 4.90 Å². The van der Waals surface area contributed by atoms with Crippen LogP contribution < -0.4 is 0 Å². The first-order valence-electron chi connectivity index (χ1n) is 6.60. The zero-order valence-electron chi connectivity index (χ0n) is 9.97. The van der Waals surface area contributed by atoms with Gasteiger partial charge in [0.05, 0.1) is 0 Å². The molecule has 2 aliphatic rings. The molecule has 0 N–H and O–H groups in total. The average Bonchev–Trinajstić information content (AvgIpc) is 2.88. The van der Waals surface area contributed by atoms with Gasteiger partial charge in [0, 0.05) is 17.9 Å². The molecule has 1 nitrogen and oxygen atoms in total. The van der Waals surface area contributed by atoms with E-state index in [0.717, 1.165) is 6.04 Å². The monoisotopic (exact) mass is 273 g/mol. The fourth-order valence-electron chi connectivity index (χ4n) is 3.46. The van der Waals surface area contributed by atoms with Crippen LogP contribution in [0.5, 0.6) is 0 Å². The maximum absolute atomic E-state index is 3.76. The molecule has 0 radical (unpaired) electrons. The van der Waals surface area contributed by atoms with Crippen LogP contribution in [0.1, 0.15) is 51.9 Å². The van der Waals surface area contributed by atoms with Crippen molar-refractivity contribution in [1.82, 2.24) is 4.90 Å². The second kappa shape index (κ2) is 5.18. The molecule has 0 aromatic heterocycles. The first kappa shape index (κ1) is 11.9. The summed E-state index contributed by atoms with van der Waals surface area (Å²) in [7, 11) is 0. The molecule has 0 spiro atoms. The summed E-state index contributed by atoms with van der Waals surface area (Å²) in [6.45, 7) is 5.06. The summed E-state index contributed by atoms with van der Waals surface area (Å²) in [6, 6.07) is 0.890. The smallest absolute Gasteiger partial charge is 0.0100 e. The number of nitrogens with zero attached hydrogens (tertiary/aromatic N) is 1. The van der Waals surface area contributed by atoms with E-state index in [0.29, 0.717) is 5.41 Å². The highest BCUT2D eigenvalue weighted by Gasteiger charge is 2.37. The van der Waals surface area contributed by atoms with E-state index in [1.807, 2.05) is 0 Å². The lowest BCUT2D eigenvalue weighted by molar-refractivity contribution is 0.157. The Morgan fingerprint density at radius 1 is 1.27 bits per heavy atom. The summed E-state index contributed by atoms with van der Waals surface area (Å²) >= 11 is 3.76. The lowest BCUT2D eigenvalue weighted by atomic mass is 9.88. The van der Waals surface area contributed by atoms with Gasteiger partial charge >= 0.3 is 0 Å². The van der Waals surface area contributed by atoms with Crippen molar-refractivity contribution in [2.45, 2.75) is 57.9 Å². The summed E-state index contributed by atoms with van der Waals surface area (Å²) < 4.78 is 0. The predicted octanol–water partition coefficient (Wildman–Crippen LogP) is 3.82. The van der Waals surface area contributed by atoms with Gasteiger partial charge in [-0.25, -0.2) is 0 Å². The Labute approximate surface area is 103 Å². The van der Waals surface area contributed by atoms with Crippen LogP contribution in [0.3, 0.4) is 0 Å². The molecule has 88 valence electrons. The minimum Gasteiger partial charge on any atom is -0.300 e. The van der Waals surface area contributed by atoms with Gasteiger partial charge in [-0.1, -0.05) is 35.7 Å². The predicted molar refractivity (Wildman–Crippen MR) is 69.6 cm³/mol. The third kappa shape index (κ3) is 2.58. The highest BCUT2D eigenvalue weighted by molar-refractivity contribution is 9.09. The SMILES string of the molecule is CCC1CCCN1CC1(CBr)CCCC1. The molecule has 0 bridgehead atoms. The number of hydrogen-bond acceptors (Lipinski definition) is 1. The molecule has 2 fully saturated rings. The van der Waals surface area contributed by atoms with E-state index in [-0.39, 0.29) is 0 Å². The van der Waals surface area contributed by atoms with Crippen molar-refractivity contribution >= 4 is 15.9 Å². The van der Waals surface area contributed by atoms with Crippen LogP contribution in [-0.4, -0.2) is 29.4 Å². The molecule has 0 aromatic carbocycles. The van der Waals surface area contributed by atoms with Crippen LogP contribution in [0.25, 0.3) is 0 Å². The van der Waals surface area contributed by atoms with Gasteiger partial charge in [-0.05, 0) is 44.1 Å². The van der Waals surface area contributed by atoms with Gasteiger partial charge in [-0.2, -0.15) is 0 Å². The zero-order chi connectivity index (χ0) is 10.7. The fraction of sp³-hybridized carbons (Fsp3) is 1.00. The first-order valence-corrected chi connectivity index (χ1v) is 7.72. The normalized spacial score (nSPS) is 31.2. The summed E-state index contributed by atoms with van der Waals surface area (Å²) in [5.41, 5.74) is 0.623. The number of hydrogen-bond donors (Lipinski definition) is 0. The van der Waals surface area contributed by atoms with Crippen LogP contribution in [-0.2, 0) is 0 Å². The molecule has 2 heteroatoms. The van der Waals surface area contributed by atoms with Gasteiger partial charge in [0.2, 0.25) is 0 Å². The quantitative estimate of drug-likeness (QED) is 0.704. The molecule has 1 saturated carbocycles. The standard InChI is InChI=1S/C13H24BrN/c1-2-12-6-5-9-15(12)11-13(10-14)7-3-4-8-13/h12H,2-11H2,1H3. The molecule has 0 aromatic rings. The molecule has 1 heterocycles. The minimum absolute atomic E-state index is 0.623. The van der Waals surface area contributed by atoms with Gasteiger partial charge < -0.3 is 0 Å². The number of halogens is 1. The molecule has 15 heavy (non-hydrogen) atoms. The summed E-state index contributed by atoms with van der Waals surface area (Å²) in [6.07, 6.45) is 10.0. The third-order valence-electron chi connectivity index (χ3n) is 4.46. The molecule has 0 amide bonds. The Kier molecular flexibility index (Phi) is 4.11. The molecule has 1 aliphatic heterocycles. The number of likely N-dealkylation sites (tertiary alicyclic amines) is 1. The van der Waals surface area contributed by atoms with E-state index in [1.54, 1.807) is 0 Å². The highest BCUT2D eigenvalue weighted by Crippen LogP contribution is 2.41. The topological polar surface area (TPSA) is 3.24 Å². The average molecular weight is 274 g/mol. The highest BCUT2D eigenvalue weighted by atomic mass is 79.9. The van der Waals surface area contributed by atoms with E-state index in [9.17, 15) is 0 Å². The van der Waals surface area contributed by atoms with Crippen molar-refractivity contribution in [3.63, 3.8) is 0 Å². The maximum atomic E-state index is 3.76. The Hall–Kier alpha value is 0.440. The molecule has 1 unspecified atom stereocenters. The summed E-state index contributed by atoms with van der Waals surface area (Å²) in [5, 5.41) is 1.22. The van der Waals surface area contributed by atoms with E-state index in [2.05, 4.69) is 27.8 Å². The van der Waals surface area contributed by atoms with Gasteiger partial charge in [0.25, 0.3) is 0 Å². The van der Waals surface area contributed by atoms with E-state index in [1.165, 1.54) is 63.4 Å². The van der Waals surface area contributed by atoms with Crippen molar-refractivity contribution in [2.24, 2.45) is 5.41 Å². The maximum Gasteiger partial charge on any atom is 0.0100 e. The Morgan fingerprint density at radius 3 is 2.60 bits per heavy atom. The van der Waals surface area contributed by atoms with Gasteiger partial charge in [0.15, 0.2) is 0 Å².